The van der Waals surface area contributed by atoms with Crippen molar-refractivity contribution < 1.29 is 14.6 Å². The van der Waals surface area contributed by atoms with Crippen molar-refractivity contribution in [2.45, 2.75) is 72.0 Å². The van der Waals surface area contributed by atoms with Gasteiger partial charge in [-0.15, -0.1) is 0 Å². The maximum atomic E-state index is 12.0. The molecule has 0 bridgehead atoms. The molecule has 94 valence electrons. The van der Waals surface area contributed by atoms with Crippen LogP contribution in [0.2, 0.25) is 0 Å². The minimum absolute atomic E-state index is 0.146. The summed E-state index contributed by atoms with van der Waals surface area (Å²) in [5.74, 6) is 0.146. The first-order valence-electron chi connectivity index (χ1n) is 5.99. The molecule has 0 aromatic heterocycles. The van der Waals surface area contributed by atoms with Gasteiger partial charge in [0.25, 0.3) is 0 Å². The van der Waals surface area contributed by atoms with Gasteiger partial charge in [-0.25, -0.2) is 9.78 Å². The fourth-order valence-electron chi connectivity index (χ4n) is 1.91. The highest BCUT2D eigenvalue weighted by atomic mass is 17.2. The molecule has 0 N–H and O–H groups in total. The summed E-state index contributed by atoms with van der Waals surface area (Å²) in [7, 11) is 0. The first kappa shape index (κ1) is 13.7. The second-order valence-electron chi connectivity index (χ2n) is 6.47. The van der Waals surface area contributed by atoms with Crippen LogP contribution in [-0.2, 0) is 14.6 Å². The van der Waals surface area contributed by atoms with Crippen molar-refractivity contribution in [2.24, 2.45) is 5.41 Å². The molecule has 16 heavy (non-hydrogen) atoms. The molecule has 1 saturated carbocycles. The van der Waals surface area contributed by atoms with Crippen molar-refractivity contribution in [3.63, 3.8) is 0 Å². The van der Waals surface area contributed by atoms with Crippen LogP contribution in [0.3, 0.4) is 0 Å². The van der Waals surface area contributed by atoms with Crippen LogP contribution in [0.4, 0.5) is 0 Å². The number of ketones is 1. The standard InChI is InChI=1S/C13H24O3/c1-11(2,3)15-16-13(6)10(14)8-7-9-12(13,4)5/h7-9H2,1-6H3. The molecule has 0 spiro atoms. The van der Waals surface area contributed by atoms with Crippen LogP contribution in [0.25, 0.3) is 0 Å². The Bertz CT molecular complexity index is 275. The Hall–Kier alpha value is -0.410. The minimum atomic E-state index is -0.821. The second-order valence-corrected chi connectivity index (χ2v) is 6.47. The maximum absolute atomic E-state index is 12.0. The monoisotopic (exact) mass is 228 g/mol. The molecule has 0 aromatic rings. The Morgan fingerprint density at radius 2 is 1.75 bits per heavy atom. The zero-order chi connectivity index (χ0) is 12.6. The van der Waals surface area contributed by atoms with Gasteiger partial charge in [-0.05, 0) is 40.5 Å². The molecule has 0 aromatic carbocycles. The van der Waals surface area contributed by atoms with Gasteiger partial charge in [0.05, 0.1) is 5.60 Å². The maximum Gasteiger partial charge on any atom is 0.168 e. The summed E-state index contributed by atoms with van der Waals surface area (Å²) in [5.41, 5.74) is -1.39. The van der Waals surface area contributed by atoms with Crippen molar-refractivity contribution in [2.75, 3.05) is 0 Å². The van der Waals surface area contributed by atoms with Crippen LogP contribution in [0.5, 0.6) is 0 Å². The van der Waals surface area contributed by atoms with E-state index in [0.717, 1.165) is 12.8 Å². The summed E-state index contributed by atoms with van der Waals surface area (Å²) < 4.78 is 0. The third kappa shape index (κ3) is 2.64. The van der Waals surface area contributed by atoms with E-state index in [1.54, 1.807) is 0 Å². The third-order valence-corrected chi connectivity index (χ3v) is 3.49. The van der Waals surface area contributed by atoms with Crippen LogP contribution in [-0.4, -0.2) is 17.0 Å². The highest BCUT2D eigenvalue weighted by molar-refractivity contribution is 5.88. The van der Waals surface area contributed by atoms with Gasteiger partial charge in [-0.1, -0.05) is 13.8 Å². The summed E-state index contributed by atoms with van der Waals surface area (Å²) in [5, 5.41) is 0. The number of hydrogen-bond acceptors (Lipinski definition) is 3. The molecule has 1 fully saturated rings. The van der Waals surface area contributed by atoms with Gasteiger partial charge in [-0.3, -0.25) is 4.79 Å². The molecule has 1 atom stereocenters. The molecule has 1 aliphatic rings. The molecule has 0 radical (unpaired) electrons. The highest BCUT2D eigenvalue weighted by Gasteiger charge is 2.51. The van der Waals surface area contributed by atoms with E-state index in [-0.39, 0.29) is 11.2 Å². The SMILES string of the molecule is CC(C)(C)OOC1(C)C(=O)CCCC1(C)C. The largest absolute Gasteiger partial charge is 0.296 e. The number of hydrogen-bond donors (Lipinski definition) is 0. The van der Waals surface area contributed by atoms with Crippen molar-refractivity contribution in [1.82, 2.24) is 0 Å². The predicted octanol–water partition coefficient (Wildman–Crippen LogP) is 3.27. The second kappa shape index (κ2) is 4.11. The van der Waals surface area contributed by atoms with Gasteiger partial charge in [-0.2, -0.15) is 0 Å². The Kier molecular flexibility index (Phi) is 3.51. The van der Waals surface area contributed by atoms with Gasteiger partial charge in [0.2, 0.25) is 0 Å². The Labute approximate surface area is 98.4 Å². The van der Waals surface area contributed by atoms with E-state index >= 15 is 0 Å². The molecule has 0 amide bonds. The molecule has 3 nitrogen and oxygen atoms in total. The van der Waals surface area contributed by atoms with E-state index in [9.17, 15) is 4.79 Å². The van der Waals surface area contributed by atoms with Crippen LogP contribution < -0.4 is 0 Å². The van der Waals surface area contributed by atoms with E-state index in [4.69, 9.17) is 9.78 Å². The summed E-state index contributed by atoms with van der Waals surface area (Å²) in [6.45, 7) is 11.7. The van der Waals surface area contributed by atoms with Crippen molar-refractivity contribution >= 4 is 5.78 Å². The molecular weight excluding hydrogens is 204 g/mol. The number of carbonyl (C=O) groups is 1. The lowest BCUT2D eigenvalue weighted by atomic mass is 9.66. The molecule has 1 aliphatic carbocycles. The summed E-state index contributed by atoms with van der Waals surface area (Å²) in [6.07, 6.45) is 2.52. The van der Waals surface area contributed by atoms with E-state index in [2.05, 4.69) is 13.8 Å². The fourth-order valence-corrected chi connectivity index (χ4v) is 1.91. The summed E-state index contributed by atoms with van der Waals surface area (Å²) in [4.78, 5) is 22.9. The third-order valence-electron chi connectivity index (χ3n) is 3.49. The van der Waals surface area contributed by atoms with Crippen molar-refractivity contribution in [3.05, 3.63) is 0 Å². The average molecular weight is 228 g/mol. The van der Waals surface area contributed by atoms with Crippen molar-refractivity contribution in [1.29, 1.82) is 0 Å². The molecular formula is C13H24O3. The zero-order valence-corrected chi connectivity index (χ0v) is 11.3. The number of Topliss-reactive ketones (excluding diaryl/α,β-unsaturated/α-hetero) is 1. The molecule has 0 heterocycles. The van der Waals surface area contributed by atoms with Crippen LogP contribution in [0.1, 0.15) is 60.8 Å². The van der Waals surface area contributed by atoms with Crippen LogP contribution in [0.15, 0.2) is 0 Å². The number of rotatable bonds is 2. The Balaban J connectivity index is 2.82. The summed E-state index contributed by atoms with van der Waals surface area (Å²) >= 11 is 0. The fraction of sp³-hybridized carbons (Fsp3) is 0.923. The minimum Gasteiger partial charge on any atom is -0.296 e. The topological polar surface area (TPSA) is 35.5 Å². The molecule has 0 aliphatic heterocycles. The predicted molar refractivity (Wildman–Crippen MR) is 63.0 cm³/mol. The quantitative estimate of drug-likeness (QED) is 0.537. The average Bonchev–Trinajstić information content (AvgIpc) is 2.10. The van der Waals surface area contributed by atoms with Crippen molar-refractivity contribution in [3.8, 4) is 0 Å². The Morgan fingerprint density at radius 3 is 2.19 bits per heavy atom. The highest BCUT2D eigenvalue weighted by Crippen LogP contribution is 2.44. The summed E-state index contributed by atoms with van der Waals surface area (Å²) in [6, 6.07) is 0. The zero-order valence-electron chi connectivity index (χ0n) is 11.3. The van der Waals surface area contributed by atoms with E-state index in [1.807, 2.05) is 27.7 Å². The normalized spacial score (nSPS) is 30.5. The number of carbonyl (C=O) groups excluding carboxylic acids is 1. The van der Waals surface area contributed by atoms with Gasteiger partial charge in [0.1, 0.15) is 0 Å². The lowest BCUT2D eigenvalue weighted by Crippen LogP contribution is -2.54. The molecule has 1 unspecified atom stereocenters. The van der Waals surface area contributed by atoms with Gasteiger partial charge in [0, 0.05) is 11.8 Å². The van der Waals surface area contributed by atoms with Gasteiger partial charge in [0.15, 0.2) is 11.4 Å². The van der Waals surface area contributed by atoms with E-state index in [1.165, 1.54) is 0 Å². The lowest BCUT2D eigenvalue weighted by molar-refractivity contribution is -0.408. The lowest BCUT2D eigenvalue weighted by Gasteiger charge is -2.45. The van der Waals surface area contributed by atoms with Crippen LogP contribution in [0, 0.1) is 5.41 Å². The molecule has 1 rings (SSSR count). The Morgan fingerprint density at radius 1 is 1.19 bits per heavy atom. The van der Waals surface area contributed by atoms with Gasteiger partial charge >= 0.3 is 0 Å². The first-order valence-corrected chi connectivity index (χ1v) is 5.99. The van der Waals surface area contributed by atoms with E-state index in [0.29, 0.717) is 6.42 Å². The van der Waals surface area contributed by atoms with Gasteiger partial charge < -0.3 is 0 Å². The molecule has 0 saturated heterocycles. The first-order chi connectivity index (χ1) is 7.08. The smallest absolute Gasteiger partial charge is 0.168 e. The van der Waals surface area contributed by atoms with E-state index < -0.39 is 11.2 Å². The van der Waals surface area contributed by atoms with Crippen LogP contribution >= 0.6 is 0 Å². The molecule has 3 heteroatoms.